The number of carbonyl (C=O) groups excluding carboxylic acids is 1. The fourth-order valence-electron chi connectivity index (χ4n) is 3.39. The van der Waals surface area contributed by atoms with Crippen molar-refractivity contribution >= 4 is 18.5 Å². The predicted molar refractivity (Wildman–Crippen MR) is 116 cm³/mol. The lowest BCUT2D eigenvalue weighted by Gasteiger charge is -2.21. The van der Waals surface area contributed by atoms with Crippen LogP contribution in [0.25, 0.3) is 11.3 Å². The van der Waals surface area contributed by atoms with E-state index in [1.807, 2.05) is 58.4 Å². The lowest BCUT2D eigenvalue weighted by atomic mass is 10.0. The molecule has 2 aromatic rings. The zero-order valence-electron chi connectivity index (χ0n) is 17.4. The van der Waals surface area contributed by atoms with Gasteiger partial charge in [-0.25, -0.2) is 4.68 Å². The van der Waals surface area contributed by atoms with Gasteiger partial charge in [0.15, 0.2) is 0 Å². The van der Waals surface area contributed by atoms with E-state index in [4.69, 9.17) is 4.74 Å². The molecule has 1 aromatic heterocycles. The third kappa shape index (κ3) is 5.61. The van der Waals surface area contributed by atoms with E-state index in [-0.39, 0.29) is 17.9 Å². The fourth-order valence-corrected chi connectivity index (χ4v) is 3.54. The van der Waals surface area contributed by atoms with E-state index in [0.29, 0.717) is 6.54 Å². The number of hydrogen-bond donors (Lipinski definition) is 2. The maximum Gasteiger partial charge on any atom is 0.245 e. The average molecular weight is 416 g/mol. The van der Waals surface area contributed by atoms with E-state index in [0.717, 1.165) is 34.9 Å². The zero-order chi connectivity index (χ0) is 21.0. The zero-order valence-corrected chi connectivity index (χ0v) is 18.3. The Bertz CT molecular complexity index is 860. The maximum atomic E-state index is 12.9. The largest absolute Gasteiger partial charge is 0.492 e. The molecule has 0 spiro atoms. The molecule has 0 radical (unpaired) electrons. The minimum Gasteiger partial charge on any atom is -0.492 e. The molecule has 29 heavy (non-hydrogen) atoms. The standard InChI is InChI=1S/C21H29N5O2S/c1-14(2)20(21(27)22-11-16-7-8-17(28-16)12-25(3)4)26-13-19(23-24-26)15-5-9-18(29)10-6-15/h5-7,9-10,13-14,17,20,29H,8,11-12H2,1-4H3,(H,22,27)/t17?,20-/m0/s1. The molecular formula is C21H29N5O2S. The number of ether oxygens (including phenoxy) is 1. The normalized spacial score (nSPS) is 17.3. The fraction of sp³-hybridized carbons (Fsp3) is 0.476. The maximum absolute atomic E-state index is 12.9. The van der Waals surface area contributed by atoms with Crippen molar-refractivity contribution in [3.63, 3.8) is 0 Å². The van der Waals surface area contributed by atoms with Gasteiger partial charge >= 0.3 is 0 Å². The Hall–Kier alpha value is -2.32. The van der Waals surface area contributed by atoms with Crippen molar-refractivity contribution in [2.75, 3.05) is 27.2 Å². The third-order valence-electron chi connectivity index (χ3n) is 4.79. The Morgan fingerprint density at radius 3 is 2.72 bits per heavy atom. The molecule has 1 amide bonds. The van der Waals surface area contributed by atoms with Crippen LogP contribution in [0.3, 0.4) is 0 Å². The van der Waals surface area contributed by atoms with E-state index in [9.17, 15) is 4.79 Å². The SMILES string of the molecule is CC(C)[C@@H](C(=O)NCC1=CCC(CN(C)C)O1)n1cc(-c2ccc(S)cc2)nn1. The molecule has 0 saturated heterocycles. The number of likely N-dealkylation sites (N-methyl/N-ethyl adjacent to an activating group) is 1. The molecule has 0 fully saturated rings. The number of thiol groups is 1. The van der Waals surface area contributed by atoms with Crippen LogP contribution in [-0.4, -0.2) is 59.1 Å². The summed E-state index contributed by atoms with van der Waals surface area (Å²) < 4.78 is 7.55. The summed E-state index contributed by atoms with van der Waals surface area (Å²) in [7, 11) is 4.05. The number of amides is 1. The lowest BCUT2D eigenvalue weighted by Crippen LogP contribution is -2.37. The van der Waals surface area contributed by atoms with Crippen LogP contribution in [0.4, 0.5) is 0 Å². The Morgan fingerprint density at radius 2 is 2.07 bits per heavy atom. The van der Waals surface area contributed by atoms with Crippen LogP contribution in [-0.2, 0) is 9.53 Å². The second-order valence-corrected chi connectivity index (χ2v) is 8.46. The molecule has 0 saturated carbocycles. The van der Waals surface area contributed by atoms with E-state index >= 15 is 0 Å². The van der Waals surface area contributed by atoms with Crippen molar-refractivity contribution in [2.45, 2.75) is 37.3 Å². The molecule has 1 aliphatic rings. The van der Waals surface area contributed by atoms with Crippen LogP contribution in [0.2, 0.25) is 0 Å². The van der Waals surface area contributed by atoms with Gasteiger partial charge in [0.25, 0.3) is 0 Å². The van der Waals surface area contributed by atoms with Gasteiger partial charge in [0.05, 0.1) is 12.7 Å². The third-order valence-corrected chi connectivity index (χ3v) is 5.09. The molecule has 1 N–H and O–H groups in total. The highest BCUT2D eigenvalue weighted by molar-refractivity contribution is 7.80. The van der Waals surface area contributed by atoms with Crippen molar-refractivity contribution < 1.29 is 9.53 Å². The van der Waals surface area contributed by atoms with Crippen LogP contribution in [0.15, 0.2) is 47.2 Å². The second kappa shape index (κ2) is 9.45. The van der Waals surface area contributed by atoms with Gasteiger partial charge < -0.3 is 15.0 Å². The number of hydrogen-bond acceptors (Lipinski definition) is 6. The van der Waals surface area contributed by atoms with Gasteiger partial charge in [0.2, 0.25) is 5.91 Å². The van der Waals surface area contributed by atoms with E-state index in [2.05, 4.69) is 39.2 Å². The van der Waals surface area contributed by atoms with Crippen LogP contribution in [0.5, 0.6) is 0 Å². The smallest absolute Gasteiger partial charge is 0.245 e. The van der Waals surface area contributed by atoms with Crippen molar-refractivity contribution in [3.8, 4) is 11.3 Å². The Labute approximate surface area is 177 Å². The molecule has 156 valence electrons. The van der Waals surface area contributed by atoms with E-state index in [1.165, 1.54) is 0 Å². The molecule has 0 aliphatic carbocycles. The first-order valence-corrected chi connectivity index (χ1v) is 10.3. The Balaban J connectivity index is 1.63. The summed E-state index contributed by atoms with van der Waals surface area (Å²) in [5.41, 5.74) is 1.67. The minimum atomic E-state index is -0.444. The molecule has 3 rings (SSSR count). The molecule has 1 aliphatic heterocycles. The molecule has 1 unspecified atom stereocenters. The molecule has 7 nitrogen and oxygen atoms in total. The van der Waals surface area contributed by atoms with E-state index in [1.54, 1.807) is 4.68 Å². The summed E-state index contributed by atoms with van der Waals surface area (Å²) in [5, 5.41) is 11.5. The van der Waals surface area contributed by atoms with Gasteiger partial charge in [-0.15, -0.1) is 17.7 Å². The molecular weight excluding hydrogens is 386 g/mol. The lowest BCUT2D eigenvalue weighted by molar-refractivity contribution is -0.125. The van der Waals surface area contributed by atoms with Crippen LogP contribution >= 0.6 is 12.6 Å². The van der Waals surface area contributed by atoms with E-state index < -0.39 is 6.04 Å². The first-order chi connectivity index (χ1) is 13.8. The van der Waals surface area contributed by atoms with Gasteiger partial charge in [-0.1, -0.05) is 31.2 Å². The highest BCUT2D eigenvalue weighted by atomic mass is 32.1. The molecule has 0 bridgehead atoms. The van der Waals surface area contributed by atoms with Crippen molar-refractivity contribution in [3.05, 3.63) is 42.3 Å². The Morgan fingerprint density at radius 1 is 1.34 bits per heavy atom. The van der Waals surface area contributed by atoms with Crippen LogP contribution in [0.1, 0.15) is 26.3 Å². The van der Waals surface area contributed by atoms with Gasteiger partial charge in [0, 0.05) is 23.4 Å². The highest BCUT2D eigenvalue weighted by Gasteiger charge is 2.27. The average Bonchev–Trinajstić information content (AvgIpc) is 3.30. The number of nitrogens with zero attached hydrogens (tertiary/aromatic N) is 4. The monoisotopic (exact) mass is 415 g/mol. The summed E-state index contributed by atoms with van der Waals surface area (Å²) in [5.74, 6) is 0.783. The molecule has 8 heteroatoms. The summed E-state index contributed by atoms with van der Waals surface area (Å²) in [4.78, 5) is 15.9. The topological polar surface area (TPSA) is 72.3 Å². The van der Waals surface area contributed by atoms with Crippen molar-refractivity contribution in [1.82, 2.24) is 25.2 Å². The summed E-state index contributed by atoms with van der Waals surface area (Å²) >= 11 is 4.31. The first kappa shape index (κ1) is 21.4. The second-order valence-electron chi connectivity index (χ2n) is 7.95. The predicted octanol–water partition coefficient (Wildman–Crippen LogP) is 2.78. The van der Waals surface area contributed by atoms with Gasteiger partial charge in [0.1, 0.15) is 23.6 Å². The van der Waals surface area contributed by atoms with Crippen molar-refractivity contribution in [1.29, 1.82) is 0 Å². The van der Waals surface area contributed by atoms with Crippen molar-refractivity contribution in [2.24, 2.45) is 5.92 Å². The summed E-state index contributed by atoms with van der Waals surface area (Å²) in [6, 6.07) is 7.25. The summed E-state index contributed by atoms with van der Waals surface area (Å²) in [6.07, 6.45) is 4.89. The minimum absolute atomic E-state index is 0.0596. The van der Waals surface area contributed by atoms with Crippen LogP contribution in [0, 0.1) is 5.92 Å². The van der Waals surface area contributed by atoms with Gasteiger partial charge in [-0.2, -0.15) is 0 Å². The summed E-state index contributed by atoms with van der Waals surface area (Å²) in [6.45, 7) is 5.24. The molecule has 1 aromatic carbocycles. The Kier molecular flexibility index (Phi) is 6.97. The molecule has 2 atom stereocenters. The number of nitrogens with one attached hydrogen (secondary N) is 1. The quantitative estimate of drug-likeness (QED) is 0.649. The molecule has 2 heterocycles. The number of carbonyl (C=O) groups is 1. The van der Waals surface area contributed by atoms with Gasteiger partial charge in [-0.05, 0) is 38.2 Å². The number of benzene rings is 1. The van der Waals surface area contributed by atoms with Crippen LogP contribution < -0.4 is 5.32 Å². The first-order valence-electron chi connectivity index (χ1n) is 9.83. The number of rotatable bonds is 8. The van der Waals surface area contributed by atoms with Gasteiger partial charge in [-0.3, -0.25) is 4.79 Å². The highest BCUT2D eigenvalue weighted by Crippen LogP contribution is 2.23. The number of aromatic nitrogens is 3.